The van der Waals surface area contributed by atoms with Gasteiger partial charge in [-0.2, -0.15) is 5.26 Å². The number of esters is 2. The van der Waals surface area contributed by atoms with Crippen LogP contribution < -0.4 is 4.74 Å². The van der Waals surface area contributed by atoms with Crippen LogP contribution in [0.5, 0.6) is 5.75 Å². The fraction of sp³-hybridized carbons (Fsp3) is 0.190. The topological polar surface area (TPSA) is 85.6 Å². The van der Waals surface area contributed by atoms with Gasteiger partial charge in [-0.25, -0.2) is 9.59 Å². The minimum atomic E-state index is -1.27. The zero-order chi connectivity index (χ0) is 19.4. The van der Waals surface area contributed by atoms with Crippen molar-refractivity contribution in [2.75, 3.05) is 0 Å². The van der Waals surface area contributed by atoms with Gasteiger partial charge in [0.15, 0.2) is 0 Å². The van der Waals surface area contributed by atoms with Crippen LogP contribution in [0.15, 0.2) is 54.1 Å². The Morgan fingerprint density at radius 1 is 1.07 bits per heavy atom. The summed E-state index contributed by atoms with van der Waals surface area (Å²) >= 11 is 0. The Kier molecular flexibility index (Phi) is 4.95. The van der Waals surface area contributed by atoms with Crippen molar-refractivity contribution < 1.29 is 23.8 Å². The van der Waals surface area contributed by atoms with Gasteiger partial charge in [0.05, 0.1) is 11.6 Å². The van der Waals surface area contributed by atoms with Crippen molar-refractivity contribution in [1.29, 1.82) is 5.26 Å². The zero-order valence-electron chi connectivity index (χ0n) is 14.9. The highest BCUT2D eigenvalue weighted by Crippen LogP contribution is 2.25. The van der Waals surface area contributed by atoms with E-state index in [1.165, 1.54) is 19.9 Å². The molecule has 1 heterocycles. The van der Waals surface area contributed by atoms with E-state index in [0.29, 0.717) is 16.9 Å². The molecule has 1 saturated heterocycles. The fourth-order valence-corrected chi connectivity index (χ4v) is 2.56. The molecule has 0 saturated carbocycles. The third-order valence-electron chi connectivity index (χ3n) is 3.82. The Morgan fingerprint density at radius 3 is 2.48 bits per heavy atom. The smallest absolute Gasteiger partial charge is 0.348 e. The summed E-state index contributed by atoms with van der Waals surface area (Å²) in [6.07, 6.45) is 1.40. The van der Waals surface area contributed by atoms with E-state index < -0.39 is 17.7 Å². The molecule has 6 nitrogen and oxygen atoms in total. The normalized spacial score (nSPS) is 15.4. The molecular weight excluding hydrogens is 346 g/mol. The van der Waals surface area contributed by atoms with E-state index in [4.69, 9.17) is 19.5 Å². The quantitative estimate of drug-likeness (QED) is 0.470. The van der Waals surface area contributed by atoms with Gasteiger partial charge in [0.25, 0.3) is 5.79 Å². The third-order valence-corrected chi connectivity index (χ3v) is 3.82. The van der Waals surface area contributed by atoms with E-state index in [1.54, 1.807) is 36.4 Å². The van der Waals surface area contributed by atoms with Gasteiger partial charge >= 0.3 is 11.9 Å². The molecule has 3 rings (SSSR count). The molecule has 2 aromatic rings. The number of carbonyl (C=O) groups is 2. The van der Waals surface area contributed by atoms with E-state index in [1.807, 2.05) is 12.1 Å². The highest BCUT2D eigenvalue weighted by Gasteiger charge is 2.38. The molecule has 2 aromatic carbocycles. The van der Waals surface area contributed by atoms with E-state index in [2.05, 4.69) is 6.07 Å². The van der Waals surface area contributed by atoms with Crippen LogP contribution in [0, 0.1) is 11.3 Å². The Hall–Kier alpha value is -3.59. The van der Waals surface area contributed by atoms with Crippen LogP contribution >= 0.6 is 0 Å². The van der Waals surface area contributed by atoms with E-state index in [0.717, 1.165) is 5.56 Å². The van der Waals surface area contributed by atoms with Crippen LogP contribution in [0.25, 0.3) is 6.08 Å². The lowest BCUT2D eigenvalue weighted by Gasteiger charge is -2.29. The molecule has 0 spiro atoms. The first-order chi connectivity index (χ1) is 12.9. The van der Waals surface area contributed by atoms with Gasteiger partial charge in [-0.1, -0.05) is 30.3 Å². The molecule has 0 radical (unpaired) electrons. The molecule has 0 aliphatic carbocycles. The predicted molar refractivity (Wildman–Crippen MR) is 96.2 cm³/mol. The van der Waals surface area contributed by atoms with Gasteiger partial charge in [-0.15, -0.1) is 0 Å². The molecule has 27 heavy (non-hydrogen) atoms. The maximum atomic E-state index is 12.0. The second kappa shape index (κ2) is 7.34. The SMILES string of the molecule is CC1(C)OC(=O)C(=Cc2cccc(OCc3ccccc3C#N)c2)C(=O)O1. The average Bonchev–Trinajstić information content (AvgIpc) is 2.63. The molecule has 0 bridgehead atoms. The summed E-state index contributed by atoms with van der Waals surface area (Å²) in [5.74, 6) is -2.20. The maximum Gasteiger partial charge on any atom is 0.348 e. The molecule has 136 valence electrons. The number of hydrogen-bond donors (Lipinski definition) is 0. The van der Waals surface area contributed by atoms with E-state index in [-0.39, 0.29) is 12.2 Å². The lowest BCUT2D eigenvalue weighted by atomic mass is 10.1. The van der Waals surface area contributed by atoms with Gasteiger partial charge in [0, 0.05) is 19.4 Å². The Morgan fingerprint density at radius 2 is 1.78 bits per heavy atom. The lowest BCUT2D eigenvalue weighted by Crippen LogP contribution is -2.41. The molecule has 0 aromatic heterocycles. The molecule has 0 amide bonds. The van der Waals surface area contributed by atoms with Crippen LogP contribution in [0.1, 0.15) is 30.5 Å². The maximum absolute atomic E-state index is 12.0. The summed E-state index contributed by atoms with van der Waals surface area (Å²) < 4.78 is 15.9. The minimum absolute atomic E-state index is 0.179. The van der Waals surface area contributed by atoms with E-state index in [9.17, 15) is 9.59 Å². The summed E-state index contributed by atoms with van der Waals surface area (Å²) in [5, 5.41) is 9.13. The van der Waals surface area contributed by atoms with Crippen LogP contribution in [0.3, 0.4) is 0 Å². The van der Waals surface area contributed by atoms with Gasteiger partial charge in [-0.05, 0) is 29.8 Å². The first kappa shape index (κ1) is 18.2. The van der Waals surface area contributed by atoms with Gasteiger partial charge in [0.1, 0.15) is 17.9 Å². The Labute approximate surface area is 156 Å². The van der Waals surface area contributed by atoms with Crippen LogP contribution in [0.2, 0.25) is 0 Å². The number of nitrogens with zero attached hydrogens (tertiary/aromatic N) is 1. The number of benzene rings is 2. The van der Waals surface area contributed by atoms with Crippen molar-refractivity contribution in [3.63, 3.8) is 0 Å². The van der Waals surface area contributed by atoms with Crippen LogP contribution in [0.4, 0.5) is 0 Å². The van der Waals surface area contributed by atoms with Crippen molar-refractivity contribution in [3.8, 4) is 11.8 Å². The predicted octanol–water partition coefficient (Wildman–Crippen LogP) is 3.36. The fourth-order valence-electron chi connectivity index (χ4n) is 2.56. The first-order valence-electron chi connectivity index (χ1n) is 8.27. The van der Waals surface area contributed by atoms with Gasteiger partial charge < -0.3 is 14.2 Å². The number of rotatable bonds is 4. The molecule has 0 N–H and O–H groups in total. The molecule has 0 atom stereocenters. The van der Waals surface area contributed by atoms with E-state index >= 15 is 0 Å². The molecule has 6 heteroatoms. The monoisotopic (exact) mass is 363 g/mol. The van der Waals surface area contributed by atoms with Crippen molar-refractivity contribution in [2.45, 2.75) is 26.2 Å². The second-order valence-electron chi connectivity index (χ2n) is 6.37. The van der Waals surface area contributed by atoms with Crippen molar-refractivity contribution in [2.24, 2.45) is 0 Å². The summed E-state index contributed by atoms with van der Waals surface area (Å²) in [6.45, 7) is 3.21. The van der Waals surface area contributed by atoms with Gasteiger partial charge in [-0.3, -0.25) is 0 Å². The van der Waals surface area contributed by atoms with Crippen molar-refractivity contribution in [3.05, 3.63) is 70.8 Å². The zero-order valence-corrected chi connectivity index (χ0v) is 14.9. The standard InChI is InChI=1S/C21H17NO5/c1-21(2)26-19(23)18(20(24)27-21)11-14-6-5-9-17(10-14)25-13-16-8-4-3-7-15(16)12-22/h3-11H,13H2,1-2H3. The highest BCUT2D eigenvalue weighted by atomic mass is 16.7. The second-order valence-corrected chi connectivity index (χ2v) is 6.37. The Bertz CT molecular complexity index is 947. The summed E-state index contributed by atoms with van der Waals surface area (Å²) in [6, 6.07) is 16.2. The molecule has 0 unspecified atom stereocenters. The van der Waals surface area contributed by atoms with Gasteiger partial charge in [0.2, 0.25) is 0 Å². The largest absolute Gasteiger partial charge is 0.489 e. The Balaban J connectivity index is 1.77. The number of nitriles is 1. The lowest BCUT2D eigenvalue weighted by molar-refractivity contribution is -0.222. The van der Waals surface area contributed by atoms with Crippen molar-refractivity contribution >= 4 is 18.0 Å². The molecule has 1 aliphatic heterocycles. The summed E-state index contributed by atoms with van der Waals surface area (Å²) in [4.78, 5) is 24.1. The molecule has 1 aliphatic rings. The molecule has 1 fully saturated rings. The molecular formula is C21H17NO5. The first-order valence-corrected chi connectivity index (χ1v) is 8.27. The number of hydrogen-bond acceptors (Lipinski definition) is 6. The summed E-state index contributed by atoms with van der Waals surface area (Å²) in [5.41, 5.74) is 1.72. The van der Waals surface area contributed by atoms with Crippen LogP contribution in [-0.2, 0) is 25.7 Å². The van der Waals surface area contributed by atoms with Crippen molar-refractivity contribution in [1.82, 2.24) is 0 Å². The summed E-state index contributed by atoms with van der Waals surface area (Å²) in [7, 11) is 0. The number of ether oxygens (including phenoxy) is 3. The number of cyclic esters (lactones) is 2. The average molecular weight is 363 g/mol. The van der Waals surface area contributed by atoms with Crippen LogP contribution in [-0.4, -0.2) is 17.7 Å². The third kappa shape index (κ3) is 4.33. The highest BCUT2D eigenvalue weighted by molar-refractivity contribution is 6.18. The minimum Gasteiger partial charge on any atom is -0.489 e. The number of carbonyl (C=O) groups excluding carboxylic acids is 2.